The fourth-order valence-corrected chi connectivity index (χ4v) is 2.39. The van der Waals surface area contributed by atoms with Gasteiger partial charge in [-0.25, -0.2) is 4.98 Å². The Balaban J connectivity index is 1.62. The zero-order chi connectivity index (χ0) is 16.2. The Morgan fingerprint density at radius 1 is 1.17 bits per heavy atom. The topological polar surface area (TPSA) is 66.9 Å². The third kappa shape index (κ3) is 3.84. The molecule has 1 amide bonds. The Kier molecular flexibility index (Phi) is 4.52. The SMILES string of the molecule is Cc1cc(NC(=O)CNc2cnc3ccccc3n2)ccc1Br. The lowest BCUT2D eigenvalue weighted by atomic mass is 10.2. The maximum absolute atomic E-state index is 12.0. The maximum atomic E-state index is 12.0. The molecular formula is C17H15BrN4O. The van der Waals surface area contributed by atoms with Crippen molar-refractivity contribution >= 4 is 44.4 Å². The Morgan fingerprint density at radius 3 is 2.74 bits per heavy atom. The number of aromatic nitrogens is 2. The van der Waals surface area contributed by atoms with E-state index in [1.165, 1.54) is 0 Å². The van der Waals surface area contributed by atoms with E-state index in [4.69, 9.17) is 0 Å². The van der Waals surface area contributed by atoms with Crippen LogP contribution in [0.1, 0.15) is 5.56 Å². The Bertz CT molecular complexity index is 866. The number of fused-ring (bicyclic) bond motifs is 1. The molecule has 2 N–H and O–H groups in total. The van der Waals surface area contributed by atoms with Crippen LogP contribution in [0.15, 0.2) is 53.1 Å². The summed E-state index contributed by atoms with van der Waals surface area (Å²) in [5.41, 5.74) is 3.45. The zero-order valence-corrected chi connectivity index (χ0v) is 14.1. The number of benzene rings is 2. The number of aryl methyl sites for hydroxylation is 1. The molecule has 0 aliphatic heterocycles. The average Bonchev–Trinajstić information content (AvgIpc) is 2.56. The lowest BCUT2D eigenvalue weighted by Crippen LogP contribution is -2.22. The number of amides is 1. The van der Waals surface area contributed by atoms with Gasteiger partial charge in [0.2, 0.25) is 5.91 Å². The molecule has 0 unspecified atom stereocenters. The summed E-state index contributed by atoms with van der Waals surface area (Å²) < 4.78 is 1.01. The summed E-state index contributed by atoms with van der Waals surface area (Å²) >= 11 is 3.44. The van der Waals surface area contributed by atoms with Gasteiger partial charge in [0, 0.05) is 10.2 Å². The molecule has 0 spiro atoms. The van der Waals surface area contributed by atoms with Crippen LogP contribution in [0.3, 0.4) is 0 Å². The van der Waals surface area contributed by atoms with E-state index in [1.54, 1.807) is 6.20 Å². The molecule has 3 aromatic rings. The van der Waals surface area contributed by atoms with Gasteiger partial charge in [-0.2, -0.15) is 0 Å². The number of nitrogens with zero attached hydrogens (tertiary/aromatic N) is 2. The summed E-state index contributed by atoms with van der Waals surface area (Å²) in [5, 5.41) is 5.83. The van der Waals surface area contributed by atoms with Crippen LogP contribution in [-0.4, -0.2) is 22.4 Å². The summed E-state index contributed by atoms with van der Waals surface area (Å²) in [6.45, 7) is 2.10. The molecule has 6 heteroatoms. The average molecular weight is 371 g/mol. The summed E-state index contributed by atoms with van der Waals surface area (Å²) in [6.07, 6.45) is 1.62. The lowest BCUT2D eigenvalue weighted by molar-refractivity contribution is -0.114. The Morgan fingerprint density at radius 2 is 1.96 bits per heavy atom. The number of halogens is 1. The summed E-state index contributed by atoms with van der Waals surface area (Å²) in [5.74, 6) is 0.438. The van der Waals surface area contributed by atoms with Crippen molar-refractivity contribution in [3.63, 3.8) is 0 Å². The van der Waals surface area contributed by atoms with Gasteiger partial charge in [0.05, 0.1) is 23.8 Å². The van der Waals surface area contributed by atoms with Crippen LogP contribution in [0.4, 0.5) is 11.5 Å². The van der Waals surface area contributed by atoms with Crippen molar-refractivity contribution in [1.82, 2.24) is 9.97 Å². The fraction of sp³-hybridized carbons (Fsp3) is 0.118. The number of hydrogen-bond acceptors (Lipinski definition) is 4. The zero-order valence-electron chi connectivity index (χ0n) is 12.5. The van der Waals surface area contributed by atoms with Crippen LogP contribution in [-0.2, 0) is 4.79 Å². The molecule has 23 heavy (non-hydrogen) atoms. The van der Waals surface area contributed by atoms with Crippen molar-refractivity contribution in [2.45, 2.75) is 6.92 Å². The molecule has 0 saturated carbocycles. The van der Waals surface area contributed by atoms with E-state index in [1.807, 2.05) is 49.4 Å². The lowest BCUT2D eigenvalue weighted by Gasteiger charge is -2.09. The maximum Gasteiger partial charge on any atom is 0.243 e. The first-order chi connectivity index (χ1) is 11.1. The van der Waals surface area contributed by atoms with Gasteiger partial charge in [0.1, 0.15) is 5.82 Å². The van der Waals surface area contributed by atoms with Crippen molar-refractivity contribution in [1.29, 1.82) is 0 Å². The molecule has 2 aromatic carbocycles. The van der Waals surface area contributed by atoms with Gasteiger partial charge < -0.3 is 10.6 Å². The normalized spacial score (nSPS) is 10.5. The first-order valence-corrected chi connectivity index (χ1v) is 7.93. The Hall–Kier alpha value is -2.47. The molecule has 0 atom stereocenters. The highest BCUT2D eigenvalue weighted by Crippen LogP contribution is 2.20. The van der Waals surface area contributed by atoms with Gasteiger partial charge in [0.15, 0.2) is 0 Å². The van der Waals surface area contributed by atoms with E-state index >= 15 is 0 Å². The number of carbonyl (C=O) groups is 1. The molecule has 0 radical (unpaired) electrons. The minimum absolute atomic E-state index is 0.127. The molecule has 0 aliphatic carbocycles. The van der Waals surface area contributed by atoms with Crippen LogP contribution < -0.4 is 10.6 Å². The van der Waals surface area contributed by atoms with Crippen LogP contribution >= 0.6 is 15.9 Å². The number of rotatable bonds is 4. The van der Waals surface area contributed by atoms with Crippen molar-refractivity contribution in [3.05, 3.63) is 58.7 Å². The van der Waals surface area contributed by atoms with Crippen molar-refractivity contribution in [2.24, 2.45) is 0 Å². The smallest absolute Gasteiger partial charge is 0.243 e. The standard InChI is InChI=1S/C17H15BrN4O/c1-11-8-12(6-7-13(11)18)21-17(23)10-20-16-9-19-14-4-2-3-5-15(14)22-16/h2-9H,10H2,1H3,(H,20,22)(H,21,23). The molecular weight excluding hydrogens is 356 g/mol. The monoisotopic (exact) mass is 370 g/mol. The second-order valence-electron chi connectivity index (χ2n) is 5.11. The van der Waals surface area contributed by atoms with Crippen LogP contribution in [0, 0.1) is 6.92 Å². The highest BCUT2D eigenvalue weighted by atomic mass is 79.9. The van der Waals surface area contributed by atoms with Crippen LogP contribution in [0.25, 0.3) is 11.0 Å². The van der Waals surface area contributed by atoms with Crippen LogP contribution in [0.2, 0.25) is 0 Å². The Labute approximate surface area is 142 Å². The van der Waals surface area contributed by atoms with Crippen LogP contribution in [0.5, 0.6) is 0 Å². The van der Waals surface area contributed by atoms with Crippen molar-refractivity contribution in [2.75, 3.05) is 17.2 Å². The molecule has 0 fully saturated rings. The quantitative estimate of drug-likeness (QED) is 0.733. The van der Waals surface area contributed by atoms with E-state index < -0.39 is 0 Å². The van der Waals surface area contributed by atoms with Crippen molar-refractivity contribution in [3.8, 4) is 0 Å². The number of nitrogens with one attached hydrogen (secondary N) is 2. The molecule has 1 heterocycles. The van der Waals surface area contributed by atoms with Gasteiger partial charge in [0.25, 0.3) is 0 Å². The minimum atomic E-state index is -0.137. The molecule has 0 saturated heterocycles. The first-order valence-electron chi connectivity index (χ1n) is 7.13. The largest absolute Gasteiger partial charge is 0.360 e. The number of carbonyl (C=O) groups excluding carboxylic acids is 1. The molecule has 0 bridgehead atoms. The third-order valence-corrected chi connectivity index (χ3v) is 4.21. The van der Waals surface area contributed by atoms with E-state index in [9.17, 15) is 4.79 Å². The summed E-state index contributed by atoms with van der Waals surface area (Å²) in [4.78, 5) is 20.7. The fourth-order valence-electron chi connectivity index (χ4n) is 2.14. The van der Waals surface area contributed by atoms with Gasteiger partial charge in [-0.1, -0.05) is 28.1 Å². The molecule has 3 rings (SSSR count). The first kappa shape index (κ1) is 15.4. The number of anilines is 2. The predicted molar refractivity (Wildman–Crippen MR) is 95.5 cm³/mol. The van der Waals surface area contributed by atoms with Crippen molar-refractivity contribution < 1.29 is 4.79 Å². The molecule has 5 nitrogen and oxygen atoms in total. The van der Waals surface area contributed by atoms with E-state index in [0.717, 1.165) is 26.8 Å². The summed E-state index contributed by atoms with van der Waals surface area (Å²) in [7, 11) is 0. The third-order valence-electron chi connectivity index (χ3n) is 3.32. The molecule has 0 aliphatic rings. The van der Waals surface area contributed by atoms with E-state index in [0.29, 0.717) is 5.82 Å². The second-order valence-corrected chi connectivity index (χ2v) is 5.96. The number of hydrogen-bond donors (Lipinski definition) is 2. The summed E-state index contributed by atoms with van der Waals surface area (Å²) in [6, 6.07) is 13.3. The van der Waals surface area contributed by atoms with Gasteiger partial charge >= 0.3 is 0 Å². The second kappa shape index (κ2) is 6.75. The van der Waals surface area contributed by atoms with E-state index in [2.05, 4.69) is 36.5 Å². The molecule has 1 aromatic heterocycles. The van der Waals surface area contributed by atoms with Gasteiger partial charge in [-0.15, -0.1) is 0 Å². The number of para-hydroxylation sites is 2. The van der Waals surface area contributed by atoms with Gasteiger partial charge in [-0.05, 0) is 42.8 Å². The highest BCUT2D eigenvalue weighted by Gasteiger charge is 2.05. The van der Waals surface area contributed by atoms with Gasteiger partial charge in [-0.3, -0.25) is 9.78 Å². The molecule has 116 valence electrons. The minimum Gasteiger partial charge on any atom is -0.360 e. The highest BCUT2D eigenvalue weighted by molar-refractivity contribution is 9.10. The van der Waals surface area contributed by atoms with E-state index in [-0.39, 0.29) is 12.5 Å². The predicted octanol–water partition coefficient (Wildman–Crippen LogP) is 3.75.